The molecule has 2 aliphatic carbocycles. The number of carbonyl (C=O) groups excluding carboxylic acids is 1. The second kappa shape index (κ2) is 12.3. The predicted octanol–water partition coefficient (Wildman–Crippen LogP) is 7.56. The number of nitrogens with zero attached hydrogens (tertiary/aromatic N) is 3. The Morgan fingerprint density at radius 2 is 1.76 bits per heavy atom. The quantitative estimate of drug-likeness (QED) is 0.238. The summed E-state index contributed by atoms with van der Waals surface area (Å²) in [6.07, 6.45) is 15.1. The van der Waals surface area contributed by atoms with Crippen LogP contribution in [0.3, 0.4) is 0 Å². The number of amides is 2. The van der Waals surface area contributed by atoms with E-state index in [-0.39, 0.29) is 6.54 Å². The third-order valence-electron chi connectivity index (χ3n) is 8.91. The molecule has 0 bridgehead atoms. The first-order valence-corrected chi connectivity index (χ1v) is 16.8. The first-order valence-electron chi connectivity index (χ1n) is 15.4. The van der Waals surface area contributed by atoms with Crippen molar-refractivity contribution in [3.8, 4) is 23.0 Å². The number of aromatic nitrogens is 1. The first-order chi connectivity index (χ1) is 22.0. The number of ether oxygens (including phenoxy) is 3. The highest BCUT2D eigenvalue weighted by atomic mass is 32.2. The van der Waals surface area contributed by atoms with Crippen LogP contribution in [0.15, 0.2) is 96.3 Å². The van der Waals surface area contributed by atoms with Crippen molar-refractivity contribution >= 4 is 32.6 Å². The third-order valence-corrected chi connectivity index (χ3v) is 11.4. The van der Waals surface area contributed by atoms with Crippen molar-refractivity contribution in [1.82, 2.24) is 9.29 Å². The SMILES string of the molecule is COc1cc2nccc(Oc3ccc(N4CC(CC5=CC(C)CC=C5)N(S(=O)(=O)C5(C)C=CC(C)=CC5)C4=O)cc3)c2cc1OC. The first kappa shape index (κ1) is 31.4. The molecule has 3 aromatic rings. The Bertz CT molecular complexity index is 1900. The topological polar surface area (TPSA) is 98.3 Å². The molecule has 6 rings (SSSR count). The van der Waals surface area contributed by atoms with Crippen LogP contribution < -0.4 is 19.1 Å². The molecule has 0 spiro atoms. The molecule has 1 fully saturated rings. The number of fused-ring (bicyclic) bond motifs is 1. The van der Waals surface area contributed by atoms with E-state index in [0.29, 0.717) is 53.0 Å². The van der Waals surface area contributed by atoms with Crippen LogP contribution in [0.2, 0.25) is 0 Å². The van der Waals surface area contributed by atoms with Gasteiger partial charge in [-0.2, -0.15) is 0 Å². The number of benzene rings is 2. The highest BCUT2D eigenvalue weighted by molar-refractivity contribution is 7.91. The van der Waals surface area contributed by atoms with Crippen LogP contribution in [0, 0.1) is 5.92 Å². The van der Waals surface area contributed by atoms with Crippen molar-refractivity contribution in [2.75, 3.05) is 25.7 Å². The van der Waals surface area contributed by atoms with E-state index in [1.54, 1.807) is 74.7 Å². The van der Waals surface area contributed by atoms with Crippen LogP contribution in [0.5, 0.6) is 23.0 Å². The molecule has 2 aromatic carbocycles. The van der Waals surface area contributed by atoms with Crippen molar-refractivity contribution in [3.05, 3.63) is 96.3 Å². The summed E-state index contributed by atoms with van der Waals surface area (Å²) >= 11 is 0. The molecule has 0 saturated carbocycles. The van der Waals surface area contributed by atoms with Crippen molar-refractivity contribution in [1.29, 1.82) is 0 Å². The summed E-state index contributed by atoms with van der Waals surface area (Å²) < 4.78 is 45.6. The maximum Gasteiger partial charge on any atom is 0.338 e. The molecule has 3 aliphatic rings. The van der Waals surface area contributed by atoms with E-state index >= 15 is 0 Å². The van der Waals surface area contributed by atoms with E-state index in [1.165, 1.54) is 0 Å². The van der Waals surface area contributed by atoms with Gasteiger partial charge in [0.05, 0.1) is 25.8 Å². The van der Waals surface area contributed by atoms with Gasteiger partial charge in [0.1, 0.15) is 16.2 Å². The molecule has 3 atom stereocenters. The molecule has 1 saturated heterocycles. The van der Waals surface area contributed by atoms with E-state index in [4.69, 9.17) is 14.2 Å². The fraction of sp³-hybridized carbons (Fsp3) is 0.333. The minimum Gasteiger partial charge on any atom is -0.493 e. The fourth-order valence-corrected chi connectivity index (χ4v) is 8.03. The molecule has 1 aromatic heterocycles. The van der Waals surface area contributed by atoms with Gasteiger partial charge in [-0.05, 0) is 81.0 Å². The van der Waals surface area contributed by atoms with Gasteiger partial charge < -0.3 is 14.2 Å². The van der Waals surface area contributed by atoms with Gasteiger partial charge in [0.15, 0.2) is 11.5 Å². The second-order valence-electron chi connectivity index (χ2n) is 12.3. The summed E-state index contributed by atoms with van der Waals surface area (Å²) in [7, 11) is -0.913. The van der Waals surface area contributed by atoms with E-state index < -0.39 is 26.8 Å². The molecular formula is C36H39N3O6S. The van der Waals surface area contributed by atoms with E-state index in [1.807, 2.05) is 31.2 Å². The molecule has 9 nitrogen and oxygen atoms in total. The zero-order chi connectivity index (χ0) is 32.6. The number of methoxy groups -OCH3 is 2. The van der Waals surface area contributed by atoms with Crippen LogP contribution in [0.25, 0.3) is 10.9 Å². The zero-order valence-electron chi connectivity index (χ0n) is 26.8. The Kier molecular flexibility index (Phi) is 8.41. The van der Waals surface area contributed by atoms with Gasteiger partial charge in [-0.15, -0.1) is 0 Å². The van der Waals surface area contributed by atoms with Crippen molar-refractivity contribution in [2.45, 2.75) is 50.8 Å². The second-order valence-corrected chi connectivity index (χ2v) is 14.6. The minimum atomic E-state index is -4.06. The van der Waals surface area contributed by atoms with Gasteiger partial charge in [-0.3, -0.25) is 9.88 Å². The lowest BCUT2D eigenvalue weighted by Crippen LogP contribution is -2.50. The fourth-order valence-electron chi connectivity index (χ4n) is 6.21. The Balaban J connectivity index is 1.29. The smallest absolute Gasteiger partial charge is 0.338 e. The van der Waals surface area contributed by atoms with E-state index in [9.17, 15) is 13.2 Å². The van der Waals surface area contributed by atoms with Crippen molar-refractivity contribution in [3.63, 3.8) is 0 Å². The molecule has 46 heavy (non-hydrogen) atoms. The van der Waals surface area contributed by atoms with Crippen LogP contribution in [0.4, 0.5) is 10.5 Å². The summed E-state index contributed by atoms with van der Waals surface area (Å²) in [6, 6.07) is 11.4. The lowest BCUT2D eigenvalue weighted by Gasteiger charge is -2.34. The Labute approximate surface area is 270 Å². The van der Waals surface area contributed by atoms with Gasteiger partial charge in [0.25, 0.3) is 0 Å². The van der Waals surface area contributed by atoms with Crippen LogP contribution >= 0.6 is 0 Å². The number of hydrogen-bond donors (Lipinski definition) is 0. The summed E-state index contributed by atoms with van der Waals surface area (Å²) in [5, 5.41) is 0.748. The maximum atomic E-state index is 14.3. The molecule has 2 amide bonds. The van der Waals surface area contributed by atoms with E-state index in [2.05, 4.69) is 24.1 Å². The van der Waals surface area contributed by atoms with Crippen LogP contribution in [-0.2, 0) is 10.0 Å². The zero-order valence-corrected chi connectivity index (χ0v) is 27.6. The lowest BCUT2D eigenvalue weighted by molar-refractivity contribution is 0.233. The molecular weight excluding hydrogens is 602 g/mol. The number of sulfonamides is 1. The average Bonchev–Trinajstić information content (AvgIpc) is 3.38. The Morgan fingerprint density at radius 1 is 1.02 bits per heavy atom. The summed E-state index contributed by atoms with van der Waals surface area (Å²) in [4.78, 5) is 20.1. The lowest BCUT2D eigenvalue weighted by atomic mass is 9.94. The predicted molar refractivity (Wildman–Crippen MR) is 180 cm³/mol. The van der Waals surface area contributed by atoms with Crippen molar-refractivity contribution < 1.29 is 27.4 Å². The number of carbonyl (C=O) groups is 1. The van der Waals surface area contributed by atoms with Gasteiger partial charge in [0, 0.05) is 29.9 Å². The number of urea groups is 1. The standard InChI is InChI=1S/C36H39N3O6S/c1-24-13-16-36(3,17-14-24)46(41,42)39-28(20-26-8-6-7-25(2)19-26)23-38(35(39)40)27-9-11-29(12-10-27)45-32-15-18-37-31-22-34(44-5)33(43-4)21-30(31)32/h6,8-16,18-19,21-22,25,28H,7,17,20,23H2,1-5H3. The maximum absolute atomic E-state index is 14.3. The number of hydrogen-bond acceptors (Lipinski definition) is 7. The highest BCUT2D eigenvalue weighted by Crippen LogP contribution is 2.40. The molecule has 1 aliphatic heterocycles. The molecule has 240 valence electrons. The van der Waals surface area contributed by atoms with Crippen LogP contribution in [0.1, 0.15) is 40.0 Å². The van der Waals surface area contributed by atoms with Crippen molar-refractivity contribution in [2.24, 2.45) is 5.92 Å². The van der Waals surface area contributed by atoms with Gasteiger partial charge >= 0.3 is 6.03 Å². The number of rotatable bonds is 9. The Hall–Kier alpha value is -4.57. The number of allylic oxidation sites excluding steroid dienone is 6. The Morgan fingerprint density at radius 3 is 2.43 bits per heavy atom. The molecule has 0 N–H and O–H groups in total. The monoisotopic (exact) mass is 641 g/mol. The molecule has 10 heteroatoms. The average molecular weight is 642 g/mol. The highest BCUT2D eigenvalue weighted by Gasteiger charge is 2.52. The summed E-state index contributed by atoms with van der Waals surface area (Å²) in [5.41, 5.74) is 3.33. The minimum absolute atomic E-state index is 0.239. The third kappa shape index (κ3) is 5.77. The normalized spacial score (nSPS) is 23.0. The van der Waals surface area contributed by atoms with Gasteiger partial charge in [-0.1, -0.05) is 49.0 Å². The largest absolute Gasteiger partial charge is 0.493 e. The van der Waals surface area contributed by atoms with Gasteiger partial charge in [0.2, 0.25) is 10.0 Å². The van der Waals surface area contributed by atoms with Gasteiger partial charge in [-0.25, -0.2) is 17.5 Å². The molecule has 2 heterocycles. The number of anilines is 1. The summed E-state index contributed by atoms with van der Waals surface area (Å²) in [6.45, 7) is 6.01. The molecule has 0 radical (unpaired) electrons. The number of pyridine rings is 1. The van der Waals surface area contributed by atoms with E-state index in [0.717, 1.165) is 27.3 Å². The van der Waals surface area contributed by atoms with Crippen LogP contribution in [-0.4, -0.2) is 55.3 Å². The summed E-state index contributed by atoms with van der Waals surface area (Å²) in [5.74, 6) is 2.61. The molecule has 3 unspecified atom stereocenters.